The van der Waals surface area contributed by atoms with E-state index in [9.17, 15) is 4.79 Å². The summed E-state index contributed by atoms with van der Waals surface area (Å²) >= 11 is 5.55. The van der Waals surface area contributed by atoms with Gasteiger partial charge in [-0.3, -0.25) is 4.79 Å². The Morgan fingerprint density at radius 2 is 2.33 bits per heavy atom. The van der Waals surface area contributed by atoms with Gasteiger partial charge in [0.25, 0.3) is 5.91 Å². The normalized spacial score (nSPS) is 10.2. The number of furan rings is 1. The van der Waals surface area contributed by atoms with E-state index in [0.717, 1.165) is 5.56 Å². The summed E-state index contributed by atoms with van der Waals surface area (Å²) in [6.07, 6.45) is 3.61. The number of aromatic amines is 1. The summed E-state index contributed by atoms with van der Waals surface area (Å²) < 4.78 is 4.96. The molecule has 0 atom stereocenters. The standard InChI is InChI=1S/C10H9ClN2O2/c11-9-2-1-8(15-9)10(14)13-6-7-3-4-12-5-7/h1-5,12H,6H2,(H,13,14). The molecule has 2 rings (SSSR count). The van der Waals surface area contributed by atoms with Crippen molar-refractivity contribution in [3.05, 3.63) is 47.1 Å². The Labute approximate surface area is 91.2 Å². The Hall–Kier alpha value is -1.68. The molecule has 2 heterocycles. The van der Waals surface area contributed by atoms with Gasteiger partial charge in [0.2, 0.25) is 0 Å². The predicted octanol–water partition coefficient (Wildman–Crippen LogP) is 2.19. The molecular formula is C10H9ClN2O2. The Morgan fingerprint density at radius 3 is 2.93 bits per heavy atom. The molecule has 0 aliphatic carbocycles. The smallest absolute Gasteiger partial charge is 0.287 e. The zero-order valence-electron chi connectivity index (χ0n) is 7.79. The van der Waals surface area contributed by atoms with Gasteiger partial charge in [-0.05, 0) is 35.4 Å². The maximum absolute atomic E-state index is 11.5. The van der Waals surface area contributed by atoms with Crippen LogP contribution in [0.1, 0.15) is 16.1 Å². The average Bonchev–Trinajstić information content (AvgIpc) is 2.84. The highest BCUT2D eigenvalue weighted by Gasteiger charge is 2.09. The van der Waals surface area contributed by atoms with E-state index in [1.807, 2.05) is 12.3 Å². The molecule has 0 unspecified atom stereocenters. The van der Waals surface area contributed by atoms with E-state index >= 15 is 0 Å². The summed E-state index contributed by atoms with van der Waals surface area (Å²) in [4.78, 5) is 14.4. The summed E-state index contributed by atoms with van der Waals surface area (Å²) in [5.74, 6) is -0.0568. The number of halogens is 1. The number of rotatable bonds is 3. The molecule has 4 nitrogen and oxygen atoms in total. The first-order chi connectivity index (χ1) is 7.25. The molecule has 78 valence electrons. The van der Waals surface area contributed by atoms with Crippen LogP contribution in [-0.4, -0.2) is 10.9 Å². The van der Waals surface area contributed by atoms with Gasteiger partial charge in [0.1, 0.15) is 0 Å². The number of carbonyl (C=O) groups is 1. The largest absolute Gasteiger partial charge is 0.440 e. The summed E-state index contributed by atoms with van der Waals surface area (Å²) in [6, 6.07) is 4.96. The first-order valence-corrected chi connectivity index (χ1v) is 4.79. The van der Waals surface area contributed by atoms with E-state index in [2.05, 4.69) is 10.3 Å². The van der Waals surface area contributed by atoms with Crippen LogP contribution in [0.2, 0.25) is 5.22 Å². The van der Waals surface area contributed by atoms with Crippen molar-refractivity contribution in [3.63, 3.8) is 0 Å². The minimum Gasteiger partial charge on any atom is -0.440 e. The average molecular weight is 225 g/mol. The van der Waals surface area contributed by atoms with E-state index in [1.165, 1.54) is 12.1 Å². The highest BCUT2D eigenvalue weighted by molar-refractivity contribution is 6.29. The van der Waals surface area contributed by atoms with Crippen molar-refractivity contribution in [2.75, 3.05) is 0 Å². The van der Waals surface area contributed by atoms with Gasteiger partial charge in [-0.25, -0.2) is 0 Å². The van der Waals surface area contributed by atoms with Crippen LogP contribution in [0, 0.1) is 0 Å². The minimum absolute atomic E-state index is 0.210. The fourth-order valence-corrected chi connectivity index (χ4v) is 1.32. The van der Waals surface area contributed by atoms with E-state index in [4.69, 9.17) is 16.0 Å². The van der Waals surface area contributed by atoms with E-state index < -0.39 is 0 Å². The van der Waals surface area contributed by atoms with Gasteiger partial charge >= 0.3 is 0 Å². The van der Waals surface area contributed by atoms with Gasteiger partial charge in [-0.2, -0.15) is 0 Å². The van der Waals surface area contributed by atoms with Crippen molar-refractivity contribution in [1.29, 1.82) is 0 Å². The van der Waals surface area contributed by atoms with Gasteiger partial charge in [-0.1, -0.05) is 0 Å². The summed E-state index contributed by atoms with van der Waals surface area (Å²) in [5, 5.41) is 2.91. The van der Waals surface area contributed by atoms with Gasteiger partial charge < -0.3 is 14.7 Å². The number of hydrogen-bond acceptors (Lipinski definition) is 2. The molecule has 0 saturated carbocycles. The molecule has 0 spiro atoms. The summed E-state index contributed by atoms with van der Waals surface area (Å²) in [5.41, 5.74) is 1.00. The van der Waals surface area contributed by atoms with Gasteiger partial charge in [0, 0.05) is 18.9 Å². The Bertz CT molecular complexity index is 448. The second-order valence-electron chi connectivity index (χ2n) is 3.01. The number of carbonyl (C=O) groups excluding carboxylic acids is 1. The number of hydrogen-bond donors (Lipinski definition) is 2. The van der Waals surface area contributed by atoms with Crippen molar-refractivity contribution in [3.8, 4) is 0 Å². The SMILES string of the molecule is O=C(NCc1cc[nH]c1)c1ccc(Cl)o1. The molecule has 0 aliphatic heterocycles. The Balaban J connectivity index is 1.93. The lowest BCUT2D eigenvalue weighted by molar-refractivity contribution is 0.0923. The van der Waals surface area contributed by atoms with Crippen molar-refractivity contribution in [2.45, 2.75) is 6.54 Å². The van der Waals surface area contributed by atoms with E-state index in [1.54, 1.807) is 6.20 Å². The number of nitrogens with one attached hydrogen (secondary N) is 2. The van der Waals surface area contributed by atoms with Crippen LogP contribution in [-0.2, 0) is 6.54 Å². The van der Waals surface area contributed by atoms with Crippen LogP contribution in [0.4, 0.5) is 0 Å². The molecule has 2 aromatic heterocycles. The molecule has 0 bridgehead atoms. The molecular weight excluding hydrogens is 216 g/mol. The Morgan fingerprint density at radius 1 is 1.47 bits per heavy atom. The van der Waals surface area contributed by atoms with Crippen LogP contribution < -0.4 is 5.32 Å². The van der Waals surface area contributed by atoms with Crippen molar-refractivity contribution < 1.29 is 9.21 Å². The number of aromatic nitrogens is 1. The Kier molecular flexibility index (Phi) is 2.78. The van der Waals surface area contributed by atoms with Crippen LogP contribution >= 0.6 is 11.6 Å². The molecule has 0 fully saturated rings. The molecule has 0 aliphatic rings. The van der Waals surface area contributed by atoms with Crippen molar-refractivity contribution >= 4 is 17.5 Å². The van der Waals surface area contributed by atoms with Crippen LogP contribution in [0.25, 0.3) is 0 Å². The van der Waals surface area contributed by atoms with E-state index in [-0.39, 0.29) is 16.9 Å². The van der Waals surface area contributed by atoms with Crippen LogP contribution in [0.15, 0.2) is 35.0 Å². The third kappa shape index (κ3) is 2.41. The molecule has 5 heteroatoms. The maximum atomic E-state index is 11.5. The summed E-state index contributed by atoms with van der Waals surface area (Å²) in [7, 11) is 0. The highest BCUT2D eigenvalue weighted by atomic mass is 35.5. The van der Waals surface area contributed by atoms with Gasteiger partial charge in [0.15, 0.2) is 11.0 Å². The first-order valence-electron chi connectivity index (χ1n) is 4.41. The molecule has 15 heavy (non-hydrogen) atoms. The minimum atomic E-state index is -0.275. The maximum Gasteiger partial charge on any atom is 0.287 e. The lowest BCUT2D eigenvalue weighted by atomic mass is 10.3. The molecule has 2 N–H and O–H groups in total. The van der Waals surface area contributed by atoms with Gasteiger partial charge in [-0.15, -0.1) is 0 Å². The molecule has 1 amide bonds. The summed E-state index contributed by atoms with van der Waals surface area (Å²) in [6.45, 7) is 0.459. The van der Waals surface area contributed by atoms with Gasteiger partial charge in [0.05, 0.1) is 0 Å². The van der Waals surface area contributed by atoms with Crippen molar-refractivity contribution in [2.24, 2.45) is 0 Å². The first kappa shape index (κ1) is 9.86. The lowest BCUT2D eigenvalue weighted by Gasteiger charge is -1.99. The lowest BCUT2D eigenvalue weighted by Crippen LogP contribution is -2.21. The molecule has 0 aromatic carbocycles. The quantitative estimate of drug-likeness (QED) is 0.840. The zero-order chi connectivity index (χ0) is 10.7. The third-order valence-corrected chi connectivity index (χ3v) is 2.12. The fourth-order valence-electron chi connectivity index (χ4n) is 1.17. The van der Waals surface area contributed by atoms with E-state index in [0.29, 0.717) is 6.54 Å². The van der Waals surface area contributed by atoms with Crippen LogP contribution in [0.3, 0.4) is 0 Å². The fraction of sp³-hybridized carbons (Fsp3) is 0.100. The third-order valence-electron chi connectivity index (χ3n) is 1.91. The topological polar surface area (TPSA) is 58.0 Å². The number of amides is 1. The van der Waals surface area contributed by atoms with Crippen LogP contribution in [0.5, 0.6) is 0 Å². The molecule has 2 aromatic rings. The molecule has 0 saturated heterocycles. The molecule has 0 radical (unpaired) electrons. The zero-order valence-corrected chi connectivity index (χ0v) is 8.54. The second kappa shape index (κ2) is 4.23. The monoisotopic (exact) mass is 224 g/mol. The highest BCUT2D eigenvalue weighted by Crippen LogP contribution is 2.12. The second-order valence-corrected chi connectivity index (χ2v) is 3.38. The van der Waals surface area contributed by atoms with Crippen molar-refractivity contribution in [1.82, 2.24) is 10.3 Å². The number of H-pyrrole nitrogens is 1. The predicted molar refractivity (Wildman–Crippen MR) is 55.7 cm³/mol.